The minimum atomic E-state index is -4.27. The van der Waals surface area contributed by atoms with Gasteiger partial charge in [-0.25, -0.2) is 8.42 Å². The molecular formula is C35H44N2O10S. The van der Waals surface area contributed by atoms with Gasteiger partial charge in [-0.2, -0.15) is 4.31 Å². The molecule has 0 aromatic heterocycles. The predicted octanol–water partition coefficient (Wildman–Crippen LogP) is 2.93. The maximum Gasteiger partial charge on any atom is 0.306 e. The van der Waals surface area contributed by atoms with Crippen LogP contribution >= 0.6 is 0 Å². The van der Waals surface area contributed by atoms with Crippen molar-refractivity contribution < 1.29 is 46.8 Å². The summed E-state index contributed by atoms with van der Waals surface area (Å²) < 4.78 is 58.7. The van der Waals surface area contributed by atoms with E-state index in [1.807, 2.05) is 42.5 Å². The number of β-amino-alcohol motifs (C(OH)–C–C–N with tert-alkyl or cyclic N) is 1. The minimum absolute atomic E-state index is 0.0315. The molecule has 2 aromatic rings. The third-order valence-electron chi connectivity index (χ3n) is 9.62. The Morgan fingerprint density at radius 1 is 1.08 bits per heavy atom. The lowest BCUT2D eigenvalue weighted by atomic mass is 9.90. The summed E-state index contributed by atoms with van der Waals surface area (Å²) in [6.07, 6.45) is 3.99. The van der Waals surface area contributed by atoms with E-state index >= 15 is 0 Å². The highest BCUT2D eigenvalue weighted by Crippen LogP contribution is 2.35. The summed E-state index contributed by atoms with van der Waals surface area (Å²) in [5.41, 5.74) is 0.890. The van der Waals surface area contributed by atoms with Gasteiger partial charge in [0.1, 0.15) is 22.5 Å². The predicted molar refractivity (Wildman–Crippen MR) is 174 cm³/mol. The number of benzene rings is 2. The number of carbonyl (C=O) groups excluding carboxylic acids is 2. The molecule has 12 nitrogen and oxygen atoms in total. The molecule has 13 heteroatoms. The topological polar surface area (TPSA) is 141 Å². The van der Waals surface area contributed by atoms with Gasteiger partial charge in [0.15, 0.2) is 6.29 Å². The number of amides is 1. The third kappa shape index (κ3) is 7.86. The highest BCUT2D eigenvalue weighted by atomic mass is 32.2. The number of carbonyl (C=O) groups is 2. The first-order valence-electron chi connectivity index (χ1n) is 16.6. The van der Waals surface area contributed by atoms with Gasteiger partial charge in [0.2, 0.25) is 15.9 Å². The van der Waals surface area contributed by atoms with Gasteiger partial charge in [0.05, 0.1) is 45.4 Å². The number of methoxy groups -OCH3 is 1. The summed E-state index contributed by atoms with van der Waals surface area (Å²) in [5, 5.41) is 11.9. The Labute approximate surface area is 281 Å². The maximum absolute atomic E-state index is 14.5. The number of fused-ring (bicyclic) bond motifs is 3. The van der Waals surface area contributed by atoms with Gasteiger partial charge in [-0.3, -0.25) is 9.59 Å². The smallest absolute Gasteiger partial charge is 0.306 e. The van der Waals surface area contributed by atoms with Crippen LogP contribution < -0.4 is 9.47 Å². The molecule has 0 bridgehead atoms. The molecule has 0 unspecified atom stereocenters. The van der Waals surface area contributed by atoms with Crippen LogP contribution in [-0.2, 0) is 40.2 Å². The quantitative estimate of drug-likeness (QED) is 0.310. The fourth-order valence-electron chi connectivity index (χ4n) is 6.96. The molecule has 0 radical (unpaired) electrons. The van der Waals surface area contributed by atoms with E-state index in [0.717, 1.165) is 12.0 Å². The number of aliphatic hydroxyl groups is 1. The van der Waals surface area contributed by atoms with E-state index in [1.165, 1.54) is 23.5 Å². The van der Waals surface area contributed by atoms with Gasteiger partial charge >= 0.3 is 5.97 Å². The Morgan fingerprint density at radius 2 is 1.92 bits per heavy atom. The molecule has 3 saturated heterocycles. The number of ether oxygens (including phenoxy) is 5. The molecule has 6 rings (SSSR count). The van der Waals surface area contributed by atoms with Crippen LogP contribution in [0.4, 0.5) is 0 Å². The van der Waals surface area contributed by atoms with Crippen LogP contribution in [0.5, 0.6) is 11.5 Å². The Morgan fingerprint density at radius 3 is 2.73 bits per heavy atom. The zero-order chi connectivity index (χ0) is 33.7. The number of esters is 1. The average Bonchev–Trinajstić information content (AvgIpc) is 3.79. The number of sulfonamides is 1. The molecule has 4 heterocycles. The number of rotatable bonds is 9. The Bertz CT molecular complexity index is 1570. The highest BCUT2D eigenvalue weighted by molar-refractivity contribution is 7.89. The summed E-state index contributed by atoms with van der Waals surface area (Å²) >= 11 is 0. The van der Waals surface area contributed by atoms with Crippen molar-refractivity contribution in [2.24, 2.45) is 11.8 Å². The maximum atomic E-state index is 14.5. The van der Waals surface area contributed by atoms with Gasteiger partial charge in [-0.05, 0) is 43.4 Å². The Balaban J connectivity index is 1.29. The van der Waals surface area contributed by atoms with Crippen molar-refractivity contribution in [2.75, 3.05) is 46.6 Å². The largest absolute Gasteiger partial charge is 0.497 e. The molecule has 48 heavy (non-hydrogen) atoms. The second-order valence-electron chi connectivity index (χ2n) is 12.8. The van der Waals surface area contributed by atoms with E-state index in [4.69, 9.17) is 23.7 Å². The molecular weight excluding hydrogens is 640 g/mol. The summed E-state index contributed by atoms with van der Waals surface area (Å²) in [4.78, 5) is 27.9. The number of nitrogens with zero attached hydrogens (tertiary/aromatic N) is 2. The van der Waals surface area contributed by atoms with Crippen molar-refractivity contribution >= 4 is 21.9 Å². The molecule has 260 valence electrons. The van der Waals surface area contributed by atoms with Crippen molar-refractivity contribution in [3.05, 3.63) is 66.2 Å². The summed E-state index contributed by atoms with van der Waals surface area (Å²) in [6, 6.07) is 13.6. The first-order chi connectivity index (χ1) is 23.2. The fourth-order valence-corrected chi connectivity index (χ4v) is 8.57. The first kappa shape index (κ1) is 34.4. The van der Waals surface area contributed by atoms with Gasteiger partial charge in [0.25, 0.3) is 0 Å². The van der Waals surface area contributed by atoms with E-state index in [-0.39, 0.29) is 61.5 Å². The minimum Gasteiger partial charge on any atom is -0.497 e. The van der Waals surface area contributed by atoms with Crippen LogP contribution in [0.2, 0.25) is 0 Å². The zero-order valence-electron chi connectivity index (χ0n) is 27.1. The molecule has 1 amide bonds. The molecule has 4 aliphatic heterocycles. The molecule has 1 N–H and O–H groups in total. The van der Waals surface area contributed by atoms with E-state index in [0.29, 0.717) is 44.6 Å². The SMILES string of the molecule is COc1ccc2c(c1)OCCC=CCN1C(=O)CC[C@H]1CN(C[C@@H](O)[C@@H](CC(=O)O[C@H]1CO[C@H]3OCC[C@H]31)Cc1ccccc1)S2(=O)=O. The van der Waals surface area contributed by atoms with Gasteiger partial charge < -0.3 is 33.7 Å². The van der Waals surface area contributed by atoms with Crippen molar-refractivity contribution in [3.63, 3.8) is 0 Å². The second-order valence-corrected chi connectivity index (χ2v) is 14.7. The normalized spacial score (nSPS) is 27.0. The van der Waals surface area contributed by atoms with Crippen molar-refractivity contribution in [2.45, 2.75) is 68.0 Å². The van der Waals surface area contributed by atoms with Crippen LogP contribution in [0.3, 0.4) is 0 Å². The molecule has 0 saturated carbocycles. The Hall–Kier alpha value is -3.49. The highest BCUT2D eigenvalue weighted by Gasteiger charge is 2.44. The summed E-state index contributed by atoms with van der Waals surface area (Å²) in [6.45, 7) is 1.02. The van der Waals surface area contributed by atoms with E-state index in [1.54, 1.807) is 11.0 Å². The number of hydrogen-bond acceptors (Lipinski definition) is 10. The van der Waals surface area contributed by atoms with Crippen LogP contribution in [0.1, 0.15) is 37.7 Å². The fraction of sp³-hybridized carbons (Fsp3) is 0.543. The van der Waals surface area contributed by atoms with E-state index in [2.05, 4.69) is 0 Å². The second kappa shape index (κ2) is 15.4. The first-order valence-corrected chi connectivity index (χ1v) is 18.1. The van der Waals surface area contributed by atoms with Gasteiger partial charge in [-0.1, -0.05) is 42.5 Å². The molecule has 6 atom stereocenters. The Kier molecular flexibility index (Phi) is 11.0. The molecule has 2 aromatic carbocycles. The molecule has 3 fully saturated rings. The van der Waals surface area contributed by atoms with Crippen molar-refractivity contribution in [1.29, 1.82) is 0 Å². The van der Waals surface area contributed by atoms with Crippen LogP contribution in [0.15, 0.2) is 65.6 Å². The molecule has 0 spiro atoms. The van der Waals surface area contributed by atoms with Crippen LogP contribution in [0, 0.1) is 11.8 Å². The van der Waals surface area contributed by atoms with E-state index < -0.39 is 40.2 Å². The van der Waals surface area contributed by atoms with Crippen molar-refractivity contribution in [1.82, 2.24) is 9.21 Å². The van der Waals surface area contributed by atoms with Gasteiger partial charge in [0, 0.05) is 44.1 Å². The zero-order valence-corrected chi connectivity index (χ0v) is 28.0. The standard InChI is InChI=1S/C35H44N2O10S/c1-43-27-11-12-32-30(20-27)44-16-7-3-6-15-37-26(10-13-33(37)39)21-36(48(32,41)42)22-29(38)25(18-24-8-4-2-5-9-24)19-34(40)47-31-23-46-35-28(31)14-17-45-35/h2-6,8-9,11-12,20,25-26,28-29,31,35,38H,7,10,13-19,21-23H2,1H3/t25-,26+,28+,29-,31+,35-/m1/s1. The lowest BCUT2D eigenvalue weighted by Gasteiger charge is -2.33. The summed E-state index contributed by atoms with van der Waals surface area (Å²) in [5.74, 6) is -0.668. The summed E-state index contributed by atoms with van der Waals surface area (Å²) in [7, 11) is -2.78. The molecule has 4 aliphatic rings. The van der Waals surface area contributed by atoms with Gasteiger partial charge in [-0.15, -0.1) is 0 Å². The lowest BCUT2D eigenvalue weighted by molar-refractivity contribution is -0.153. The van der Waals surface area contributed by atoms with Crippen LogP contribution in [0.25, 0.3) is 0 Å². The average molecular weight is 685 g/mol. The van der Waals surface area contributed by atoms with Crippen LogP contribution in [-0.4, -0.2) is 106 Å². The molecule has 0 aliphatic carbocycles. The number of hydrogen-bond donors (Lipinski definition) is 1. The lowest BCUT2D eigenvalue weighted by Crippen LogP contribution is -2.48. The number of aliphatic hydroxyl groups excluding tert-OH is 1. The third-order valence-corrected chi connectivity index (χ3v) is 11.5. The van der Waals surface area contributed by atoms with E-state index in [9.17, 15) is 23.1 Å². The monoisotopic (exact) mass is 684 g/mol. The van der Waals surface area contributed by atoms with Crippen molar-refractivity contribution in [3.8, 4) is 11.5 Å².